The van der Waals surface area contributed by atoms with Gasteiger partial charge in [0.25, 0.3) is 0 Å². The predicted octanol–water partition coefficient (Wildman–Crippen LogP) is 5.14. The number of aromatic amines is 1. The number of hydrogen-bond donors (Lipinski definition) is 4. The van der Waals surface area contributed by atoms with Crippen LogP contribution in [0.4, 0.5) is 0 Å². The van der Waals surface area contributed by atoms with Crippen molar-refractivity contribution in [2.75, 3.05) is 26.2 Å². The maximum Gasteiger partial charge on any atom is 0.139 e. The lowest BCUT2D eigenvalue weighted by atomic mass is 9.54. The molecule has 2 aromatic heterocycles. The molecular weight excluding hydrogens is 520 g/mol. The van der Waals surface area contributed by atoms with Crippen molar-refractivity contribution in [2.24, 2.45) is 11.3 Å². The molecule has 0 amide bonds. The van der Waals surface area contributed by atoms with Gasteiger partial charge in [0.15, 0.2) is 0 Å². The number of benzene rings is 1. The number of phenols is 1. The van der Waals surface area contributed by atoms with Gasteiger partial charge < -0.3 is 25.0 Å². The maximum absolute atomic E-state index is 13.1. The second-order valence-electron chi connectivity index (χ2n) is 13.8. The second kappa shape index (κ2) is 10.4. The second-order valence-corrected chi connectivity index (χ2v) is 13.8. The Kier molecular flexibility index (Phi) is 6.58. The molecule has 1 aliphatic carbocycles. The highest BCUT2D eigenvalue weighted by molar-refractivity contribution is 6.11. The highest BCUT2D eigenvalue weighted by Crippen LogP contribution is 2.57. The molecule has 6 heteroatoms. The zero-order valence-electron chi connectivity index (χ0n) is 24.7. The standard InChI is InChI=1S/C36H44N4O2/c41-30-14-11-13-26-27-15-18-37-32(33(27)38-31(26)30)28-23-36(42)17-8-4-1-2-5-9-19-39-21-16-29(28)35(24-39)22-25-12-7-3-6-10-20-40(25)34(35)36/h1,4,7,11-15,18,23,25,29,34,38,41-42H,2-3,5-6,8-10,16-17,19-22,24H2/p+1/b4-1-,12-7-/t25?,29-,34?,35-,36-/m0/s1. The minimum absolute atomic E-state index is 0.0124. The number of hydrogen-bond acceptors (Lipinski definition) is 4. The number of phenolic OH excluding ortho intramolecular Hbond substituents is 1. The number of aromatic hydroxyl groups is 1. The fourth-order valence-corrected chi connectivity index (χ4v) is 9.90. The Bertz CT molecular complexity index is 1590. The van der Waals surface area contributed by atoms with Gasteiger partial charge in [0.1, 0.15) is 23.4 Å². The third kappa shape index (κ3) is 4.13. The molecule has 3 aromatic rings. The molecule has 0 radical (unpaired) electrons. The third-order valence-corrected chi connectivity index (χ3v) is 11.5. The summed E-state index contributed by atoms with van der Waals surface area (Å²) < 4.78 is 0. The van der Waals surface area contributed by atoms with E-state index in [0.29, 0.717) is 12.0 Å². The van der Waals surface area contributed by atoms with Crippen LogP contribution in [0.3, 0.4) is 0 Å². The van der Waals surface area contributed by atoms with Crippen molar-refractivity contribution in [1.82, 2.24) is 14.9 Å². The molecule has 2 saturated heterocycles. The van der Waals surface area contributed by atoms with Gasteiger partial charge in [-0.05, 0) is 107 Å². The summed E-state index contributed by atoms with van der Waals surface area (Å²) in [5.74, 6) is 0.605. The molecule has 42 heavy (non-hydrogen) atoms. The molecule has 0 saturated carbocycles. The average molecular weight is 566 g/mol. The van der Waals surface area contributed by atoms with E-state index in [-0.39, 0.29) is 17.2 Å². The Morgan fingerprint density at radius 3 is 2.76 bits per heavy atom. The van der Waals surface area contributed by atoms with Gasteiger partial charge in [-0.25, -0.2) is 0 Å². The quantitative estimate of drug-likeness (QED) is 0.308. The number of rotatable bonds is 1. The lowest BCUT2D eigenvalue weighted by Crippen LogP contribution is -3.20. The molecule has 1 aromatic carbocycles. The maximum atomic E-state index is 13.1. The molecule has 7 atom stereocenters. The summed E-state index contributed by atoms with van der Waals surface area (Å²) in [7, 11) is 0. The lowest BCUT2D eigenvalue weighted by Gasteiger charge is -2.55. The van der Waals surface area contributed by atoms with Crippen LogP contribution in [0.5, 0.6) is 5.75 Å². The SMILES string of the molecule is Oc1cccc2c1[nH]c1c(C3=C[C@@]4(O)CC/C=C\CCCCN5CC[C@@H]3[C@]3(CC6/C=C\CCCC[NH+]6C34)C5)nccc12. The van der Waals surface area contributed by atoms with Crippen LogP contribution in [-0.2, 0) is 0 Å². The topological polar surface area (TPSA) is 76.8 Å². The summed E-state index contributed by atoms with van der Waals surface area (Å²) in [4.78, 5) is 13.0. The molecule has 2 fully saturated rings. The van der Waals surface area contributed by atoms with E-state index in [9.17, 15) is 10.2 Å². The van der Waals surface area contributed by atoms with E-state index in [1.54, 1.807) is 11.0 Å². The summed E-state index contributed by atoms with van der Waals surface area (Å²) in [6, 6.07) is 8.42. The number of H-pyrrole nitrogens is 1. The van der Waals surface area contributed by atoms with Crippen LogP contribution in [-0.4, -0.2) is 68.9 Å². The summed E-state index contributed by atoms with van der Waals surface area (Å²) in [6.45, 7) is 4.46. The van der Waals surface area contributed by atoms with Crippen molar-refractivity contribution in [3.05, 3.63) is 66.5 Å². The molecule has 4 unspecified atom stereocenters. The first-order valence-electron chi connectivity index (χ1n) is 16.5. The van der Waals surface area contributed by atoms with Crippen LogP contribution in [0, 0.1) is 11.3 Å². The minimum Gasteiger partial charge on any atom is -0.506 e. The Hall–Kier alpha value is -2.93. The molecule has 8 rings (SSSR count). The van der Waals surface area contributed by atoms with E-state index in [2.05, 4.69) is 52.4 Å². The average Bonchev–Trinajstić information content (AvgIpc) is 3.50. The molecule has 3 bridgehead atoms. The van der Waals surface area contributed by atoms with Gasteiger partial charge >= 0.3 is 0 Å². The number of allylic oxidation sites excluding steroid dienone is 4. The molecule has 6 nitrogen and oxygen atoms in total. The first-order chi connectivity index (χ1) is 20.6. The van der Waals surface area contributed by atoms with Crippen molar-refractivity contribution >= 4 is 27.4 Å². The van der Waals surface area contributed by atoms with Crippen molar-refractivity contribution in [1.29, 1.82) is 0 Å². The summed E-state index contributed by atoms with van der Waals surface area (Å²) >= 11 is 0. The zero-order chi connectivity index (χ0) is 28.3. The van der Waals surface area contributed by atoms with Gasteiger partial charge in [-0.2, -0.15) is 0 Å². The van der Waals surface area contributed by atoms with Crippen molar-refractivity contribution in [3.8, 4) is 5.75 Å². The summed E-state index contributed by atoms with van der Waals surface area (Å²) in [6.07, 6.45) is 24.9. The largest absolute Gasteiger partial charge is 0.506 e. The molecule has 1 spiro atoms. The monoisotopic (exact) mass is 565 g/mol. The minimum atomic E-state index is -0.914. The first kappa shape index (κ1) is 26.7. The molecule has 4 aliphatic heterocycles. The molecule has 220 valence electrons. The Morgan fingerprint density at radius 2 is 1.81 bits per heavy atom. The molecule has 5 aliphatic rings. The number of quaternary nitrogens is 1. The number of aliphatic hydroxyl groups is 1. The van der Waals surface area contributed by atoms with Crippen LogP contribution >= 0.6 is 0 Å². The number of aromatic nitrogens is 2. The predicted molar refractivity (Wildman–Crippen MR) is 168 cm³/mol. The summed E-state index contributed by atoms with van der Waals surface area (Å²) in [5.41, 5.74) is 3.00. The van der Waals surface area contributed by atoms with Crippen LogP contribution in [0.15, 0.2) is 60.8 Å². The smallest absolute Gasteiger partial charge is 0.139 e. The molecular formula is C36H45N4O2+. The van der Waals surface area contributed by atoms with Crippen molar-refractivity contribution in [3.63, 3.8) is 0 Å². The van der Waals surface area contributed by atoms with Gasteiger partial charge in [-0.15, -0.1) is 0 Å². The van der Waals surface area contributed by atoms with Crippen molar-refractivity contribution < 1.29 is 15.1 Å². The Morgan fingerprint density at radius 1 is 0.952 bits per heavy atom. The van der Waals surface area contributed by atoms with Crippen LogP contribution in [0.1, 0.15) is 69.9 Å². The fourth-order valence-electron chi connectivity index (χ4n) is 9.90. The number of piperidine rings is 1. The lowest BCUT2D eigenvalue weighted by molar-refractivity contribution is -0.940. The van der Waals surface area contributed by atoms with Crippen molar-refractivity contribution in [2.45, 2.75) is 81.9 Å². The van der Waals surface area contributed by atoms with E-state index < -0.39 is 5.60 Å². The molecule has 4 N–H and O–H groups in total. The third-order valence-electron chi connectivity index (χ3n) is 11.5. The fraction of sp³-hybridized carbons (Fsp3) is 0.528. The van der Waals surface area contributed by atoms with Crippen LogP contribution in [0.2, 0.25) is 0 Å². The van der Waals surface area contributed by atoms with E-state index in [4.69, 9.17) is 4.98 Å². The highest BCUT2D eigenvalue weighted by atomic mass is 16.3. The van der Waals surface area contributed by atoms with Crippen LogP contribution < -0.4 is 4.90 Å². The van der Waals surface area contributed by atoms with E-state index in [1.165, 1.54) is 37.7 Å². The normalized spacial score (nSPS) is 38.3. The van der Waals surface area contributed by atoms with E-state index in [1.807, 2.05) is 12.3 Å². The number of para-hydroxylation sites is 1. The Labute approximate surface area is 248 Å². The van der Waals surface area contributed by atoms with Gasteiger partial charge in [-0.1, -0.05) is 30.4 Å². The highest BCUT2D eigenvalue weighted by Gasteiger charge is 2.68. The van der Waals surface area contributed by atoms with Gasteiger partial charge in [0, 0.05) is 29.9 Å². The van der Waals surface area contributed by atoms with E-state index in [0.717, 1.165) is 85.8 Å². The number of nitrogens with zero attached hydrogens (tertiary/aromatic N) is 2. The van der Waals surface area contributed by atoms with Crippen LogP contribution in [0.25, 0.3) is 27.4 Å². The Balaban J connectivity index is 1.35. The number of pyridine rings is 1. The van der Waals surface area contributed by atoms with E-state index >= 15 is 0 Å². The van der Waals surface area contributed by atoms with Gasteiger partial charge in [-0.3, -0.25) is 4.98 Å². The summed E-state index contributed by atoms with van der Waals surface area (Å²) in [5, 5.41) is 25.9. The van der Waals surface area contributed by atoms with Gasteiger partial charge in [0.2, 0.25) is 0 Å². The molecule has 6 heterocycles. The first-order valence-corrected chi connectivity index (χ1v) is 16.5. The zero-order valence-corrected chi connectivity index (χ0v) is 24.7. The number of nitrogens with one attached hydrogen (secondary N) is 2. The number of fused-ring (bicyclic) bond motifs is 5. The van der Waals surface area contributed by atoms with Gasteiger partial charge in [0.05, 0.1) is 28.7 Å².